The first-order chi connectivity index (χ1) is 7.60. The first-order valence-corrected chi connectivity index (χ1v) is 6.68. The fourth-order valence-electron chi connectivity index (χ4n) is 1.30. The Balaban J connectivity index is 2.81. The number of sulfonamides is 1. The van der Waals surface area contributed by atoms with Crippen LogP contribution in [0, 0.1) is 0 Å². The Bertz CT molecular complexity index is 405. The van der Waals surface area contributed by atoms with Crippen molar-refractivity contribution in [3.05, 3.63) is 30.1 Å². The van der Waals surface area contributed by atoms with Crippen LogP contribution in [0.4, 0.5) is 0 Å². The van der Waals surface area contributed by atoms with Crippen molar-refractivity contribution in [2.45, 2.75) is 13.5 Å². The molecule has 6 heteroatoms. The van der Waals surface area contributed by atoms with Crippen molar-refractivity contribution >= 4 is 10.0 Å². The summed E-state index contributed by atoms with van der Waals surface area (Å²) in [4.78, 5) is 3.86. The van der Waals surface area contributed by atoms with Gasteiger partial charge in [0.25, 0.3) is 0 Å². The van der Waals surface area contributed by atoms with Gasteiger partial charge in [-0.1, -0.05) is 0 Å². The van der Waals surface area contributed by atoms with E-state index in [0.29, 0.717) is 0 Å². The van der Waals surface area contributed by atoms with Crippen LogP contribution >= 0.6 is 0 Å². The summed E-state index contributed by atoms with van der Waals surface area (Å²) in [5.74, 6) is 0.0398. The Hall–Kier alpha value is -0.980. The van der Waals surface area contributed by atoms with Crippen molar-refractivity contribution in [1.82, 2.24) is 9.29 Å². The highest BCUT2D eigenvalue weighted by molar-refractivity contribution is 7.89. The second-order valence-corrected chi connectivity index (χ2v) is 5.57. The normalized spacial score (nSPS) is 11.9. The Morgan fingerprint density at radius 3 is 2.50 bits per heavy atom. The second-order valence-electron chi connectivity index (χ2n) is 3.31. The quantitative estimate of drug-likeness (QED) is 0.777. The Morgan fingerprint density at radius 2 is 2.00 bits per heavy atom. The topological polar surface area (TPSA) is 70.5 Å². The van der Waals surface area contributed by atoms with E-state index in [0.717, 1.165) is 5.56 Å². The van der Waals surface area contributed by atoms with Gasteiger partial charge in [-0.25, -0.2) is 8.42 Å². The highest BCUT2D eigenvalue weighted by Gasteiger charge is 2.19. The molecule has 1 N–H and O–H groups in total. The zero-order valence-corrected chi connectivity index (χ0v) is 10.0. The van der Waals surface area contributed by atoms with Crippen LogP contribution in [-0.4, -0.2) is 41.7 Å². The Kier molecular flexibility index (Phi) is 4.85. The first-order valence-electron chi connectivity index (χ1n) is 5.07. The third-order valence-electron chi connectivity index (χ3n) is 2.22. The molecule has 1 aromatic rings. The zero-order chi connectivity index (χ0) is 12.0. The SMILES string of the molecule is CCS(=O)(=O)N(CCO)Cc1ccncc1. The van der Waals surface area contributed by atoms with E-state index in [9.17, 15) is 8.42 Å². The van der Waals surface area contributed by atoms with E-state index in [1.54, 1.807) is 31.5 Å². The maximum absolute atomic E-state index is 11.7. The number of aromatic nitrogens is 1. The minimum absolute atomic E-state index is 0.0398. The van der Waals surface area contributed by atoms with E-state index in [2.05, 4.69) is 4.98 Å². The zero-order valence-electron chi connectivity index (χ0n) is 9.20. The summed E-state index contributed by atoms with van der Waals surface area (Å²) in [5, 5.41) is 8.86. The molecule has 0 atom stereocenters. The molecule has 1 rings (SSSR count). The van der Waals surface area contributed by atoms with Gasteiger partial charge in [-0.15, -0.1) is 0 Å². The summed E-state index contributed by atoms with van der Waals surface area (Å²) in [5.41, 5.74) is 0.862. The lowest BCUT2D eigenvalue weighted by molar-refractivity contribution is 0.251. The third-order valence-corrected chi connectivity index (χ3v) is 4.04. The Labute approximate surface area is 95.8 Å². The Morgan fingerprint density at radius 1 is 1.38 bits per heavy atom. The molecule has 1 heterocycles. The number of nitrogens with zero attached hydrogens (tertiary/aromatic N) is 2. The van der Waals surface area contributed by atoms with Gasteiger partial charge in [0.2, 0.25) is 10.0 Å². The fraction of sp³-hybridized carbons (Fsp3) is 0.500. The smallest absolute Gasteiger partial charge is 0.214 e. The van der Waals surface area contributed by atoms with Gasteiger partial charge in [-0.05, 0) is 24.6 Å². The summed E-state index contributed by atoms with van der Waals surface area (Å²) in [7, 11) is -3.27. The average Bonchev–Trinajstić information content (AvgIpc) is 2.30. The van der Waals surface area contributed by atoms with Gasteiger partial charge in [0.1, 0.15) is 0 Å². The molecule has 0 unspecified atom stereocenters. The highest BCUT2D eigenvalue weighted by Crippen LogP contribution is 2.08. The van der Waals surface area contributed by atoms with E-state index in [1.807, 2.05) is 0 Å². The summed E-state index contributed by atoms with van der Waals surface area (Å²) >= 11 is 0. The summed E-state index contributed by atoms with van der Waals surface area (Å²) in [6.45, 7) is 1.81. The number of rotatable bonds is 6. The minimum atomic E-state index is -3.27. The molecule has 0 aliphatic carbocycles. The van der Waals surface area contributed by atoms with Crippen LogP contribution in [0.3, 0.4) is 0 Å². The van der Waals surface area contributed by atoms with Crippen LogP contribution in [0.1, 0.15) is 12.5 Å². The molecule has 0 radical (unpaired) electrons. The van der Waals surface area contributed by atoms with Crippen LogP contribution in [0.2, 0.25) is 0 Å². The molecule has 0 bridgehead atoms. The van der Waals surface area contributed by atoms with E-state index in [-0.39, 0.29) is 25.4 Å². The number of aliphatic hydroxyl groups excluding tert-OH is 1. The number of hydrogen-bond acceptors (Lipinski definition) is 4. The van der Waals surface area contributed by atoms with Crippen molar-refractivity contribution in [3.63, 3.8) is 0 Å². The molecule has 0 aliphatic heterocycles. The molecule has 0 aliphatic rings. The van der Waals surface area contributed by atoms with E-state index < -0.39 is 10.0 Å². The molecule has 90 valence electrons. The summed E-state index contributed by atoms with van der Waals surface area (Å²) in [6, 6.07) is 3.52. The summed E-state index contributed by atoms with van der Waals surface area (Å²) < 4.78 is 24.7. The minimum Gasteiger partial charge on any atom is -0.395 e. The molecule has 0 aromatic carbocycles. The lowest BCUT2D eigenvalue weighted by Gasteiger charge is -2.20. The maximum atomic E-state index is 11.7. The monoisotopic (exact) mass is 244 g/mol. The van der Waals surface area contributed by atoms with Gasteiger partial charge in [0.15, 0.2) is 0 Å². The first kappa shape index (κ1) is 13.1. The van der Waals surface area contributed by atoms with Gasteiger partial charge < -0.3 is 5.11 Å². The molecular formula is C10H16N2O3S. The predicted molar refractivity (Wildman–Crippen MR) is 61.2 cm³/mol. The molecule has 16 heavy (non-hydrogen) atoms. The van der Waals surface area contributed by atoms with Crippen molar-refractivity contribution < 1.29 is 13.5 Å². The van der Waals surface area contributed by atoms with Gasteiger partial charge in [-0.3, -0.25) is 4.98 Å². The van der Waals surface area contributed by atoms with Crippen molar-refractivity contribution in [1.29, 1.82) is 0 Å². The van der Waals surface area contributed by atoms with Crippen molar-refractivity contribution in [3.8, 4) is 0 Å². The van der Waals surface area contributed by atoms with E-state index in [1.165, 1.54) is 4.31 Å². The standard InChI is InChI=1S/C10H16N2O3S/c1-2-16(14,15)12(7-8-13)9-10-3-5-11-6-4-10/h3-6,13H,2,7-9H2,1H3. The van der Waals surface area contributed by atoms with Crippen LogP contribution in [0.5, 0.6) is 0 Å². The number of aliphatic hydroxyl groups is 1. The maximum Gasteiger partial charge on any atom is 0.214 e. The highest BCUT2D eigenvalue weighted by atomic mass is 32.2. The fourth-order valence-corrected chi connectivity index (χ4v) is 2.37. The molecule has 1 aromatic heterocycles. The predicted octanol–water partition coefficient (Wildman–Crippen LogP) is 0.226. The number of hydrogen-bond donors (Lipinski definition) is 1. The van der Waals surface area contributed by atoms with Crippen LogP contribution < -0.4 is 0 Å². The molecule has 5 nitrogen and oxygen atoms in total. The lowest BCUT2D eigenvalue weighted by Crippen LogP contribution is -2.34. The molecule has 0 spiro atoms. The van der Waals surface area contributed by atoms with Gasteiger partial charge in [0, 0.05) is 25.5 Å². The lowest BCUT2D eigenvalue weighted by atomic mass is 10.3. The van der Waals surface area contributed by atoms with Crippen molar-refractivity contribution in [2.24, 2.45) is 0 Å². The molecular weight excluding hydrogens is 228 g/mol. The van der Waals surface area contributed by atoms with Crippen LogP contribution in [0.15, 0.2) is 24.5 Å². The summed E-state index contributed by atoms with van der Waals surface area (Å²) in [6.07, 6.45) is 3.23. The van der Waals surface area contributed by atoms with Crippen LogP contribution in [0.25, 0.3) is 0 Å². The van der Waals surface area contributed by atoms with E-state index in [4.69, 9.17) is 5.11 Å². The molecule has 0 amide bonds. The average molecular weight is 244 g/mol. The third kappa shape index (κ3) is 3.55. The van der Waals surface area contributed by atoms with E-state index >= 15 is 0 Å². The van der Waals surface area contributed by atoms with Gasteiger partial charge in [-0.2, -0.15) is 4.31 Å². The number of pyridine rings is 1. The molecule has 0 saturated heterocycles. The largest absolute Gasteiger partial charge is 0.395 e. The van der Waals surface area contributed by atoms with Gasteiger partial charge >= 0.3 is 0 Å². The molecule has 0 saturated carbocycles. The van der Waals surface area contributed by atoms with Crippen molar-refractivity contribution in [2.75, 3.05) is 18.9 Å². The van der Waals surface area contributed by atoms with Gasteiger partial charge in [0.05, 0.1) is 12.4 Å². The van der Waals surface area contributed by atoms with Crippen LogP contribution in [-0.2, 0) is 16.6 Å². The second kappa shape index (κ2) is 5.93. The molecule has 0 fully saturated rings.